The first kappa shape index (κ1) is 11.9. The molecule has 1 atom stereocenters. The zero-order valence-electron chi connectivity index (χ0n) is 10.7. The highest BCUT2D eigenvalue weighted by atomic mass is 16.3. The fraction of sp³-hybridized carbons (Fsp3) is 0.188. The third-order valence-electron chi connectivity index (χ3n) is 3.30. The number of aliphatic hydroxyl groups is 1. The number of para-hydroxylation sites is 1. The number of aryl methyl sites for hydroxylation is 1. The Kier molecular flexibility index (Phi) is 3.05. The van der Waals surface area contributed by atoms with Crippen molar-refractivity contribution in [2.45, 2.75) is 19.4 Å². The van der Waals surface area contributed by atoms with Crippen LogP contribution in [0.4, 0.5) is 0 Å². The predicted molar refractivity (Wildman–Crippen MR) is 73.9 cm³/mol. The second-order valence-corrected chi connectivity index (χ2v) is 4.65. The highest BCUT2D eigenvalue weighted by Gasteiger charge is 2.18. The van der Waals surface area contributed by atoms with E-state index in [1.165, 1.54) is 0 Å². The molecule has 0 saturated heterocycles. The SMILES string of the molecule is Cc1oc2ccccc2c1C(O)Cc1cccnc1. The second-order valence-electron chi connectivity index (χ2n) is 4.65. The fourth-order valence-electron chi connectivity index (χ4n) is 2.45. The smallest absolute Gasteiger partial charge is 0.134 e. The van der Waals surface area contributed by atoms with Gasteiger partial charge >= 0.3 is 0 Å². The predicted octanol–water partition coefficient (Wildman–Crippen LogP) is 3.41. The summed E-state index contributed by atoms with van der Waals surface area (Å²) < 4.78 is 5.68. The average molecular weight is 253 g/mol. The molecule has 0 fully saturated rings. The lowest BCUT2D eigenvalue weighted by Crippen LogP contribution is -2.02. The van der Waals surface area contributed by atoms with Crippen molar-refractivity contribution < 1.29 is 9.52 Å². The number of aromatic nitrogens is 1. The summed E-state index contributed by atoms with van der Waals surface area (Å²) in [5, 5.41) is 11.4. The molecular weight excluding hydrogens is 238 g/mol. The van der Waals surface area contributed by atoms with Crippen molar-refractivity contribution in [1.82, 2.24) is 4.98 Å². The molecule has 2 heterocycles. The standard InChI is InChI=1S/C16H15NO2/c1-11-16(13-6-2-3-7-15(13)19-11)14(18)9-12-5-4-8-17-10-12/h2-8,10,14,18H,9H2,1H3. The first-order valence-corrected chi connectivity index (χ1v) is 6.30. The molecule has 0 spiro atoms. The molecule has 96 valence electrons. The van der Waals surface area contributed by atoms with Crippen LogP contribution in [0.15, 0.2) is 53.2 Å². The second kappa shape index (κ2) is 4.86. The summed E-state index contributed by atoms with van der Waals surface area (Å²) in [5.74, 6) is 0.776. The summed E-state index contributed by atoms with van der Waals surface area (Å²) in [7, 11) is 0. The number of furan rings is 1. The van der Waals surface area contributed by atoms with Crippen LogP contribution in [-0.2, 0) is 6.42 Å². The number of benzene rings is 1. The summed E-state index contributed by atoms with van der Waals surface area (Å²) in [6.45, 7) is 1.89. The summed E-state index contributed by atoms with van der Waals surface area (Å²) in [6, 6.07) is 11.6. The van der Waals surface area contributed by atoms with Crippen LogP contribution in [0.1, 0.15) is 23.0 Å². The molecule has 3 rings (SSSR count). The van der Waals surface area contributed by atoms with Crippen LogP contribution in [0.5, 0.6) is 0 Å². The van der Waals surface area contributed by atoms with Gasteiger partial charge in [-0.2, -0.15) is 0 Å². The van der Waals surface area contributed by atoms with Gasteiger partial charge in [-0.1, -0.05) is 24.3 Å². The van der Waals surface area contributed by atoms with E-state index in [1.54, 1.807) is 12.4 Å². The lowest BCUT2D eigenvalue weighted by molar-refractivity contribution is 0.177. The molecule has 19 heavy (non-hydrogen) atoms. The molecular formula is C16H15NO2. The number of hydrogen-bond acceptors (Lipinski definition) is 3. The maximum atomic E-state index is 10.5. The minimum Gasteiger partial charge on any atom is -0.461 e. The fourth-order valence-corrected chi connectivity index (χ4v) is 2.45. The Hall–Kier alpha value is -2.13. The average Bonchev–Trinajstić information content (AvgIpc) is 2.75. The highest BCUT2D eigenvalue weighted by Crippen LogP contribution is 2.31. The molecule has 0 aliphatic carbocycles. The molecule has 1 N–H and O–H groups in total. The van der Waals surface area contributed by atoms with E-state index >= 15 is 0 Å². The third-order valence-corrected chi connectivity index (χ3v) is 3.30. The van der Waals surface area contributed by atoms with E-state index in [1.807, 2.05) is 43.3 Å². The van der Waals surface area contributed by atoms with E-state index in [2.05, 4.69) is 4.98 Å². The largest absolute Gasteiger partial charge is 0.461 e. The van der Waals surface area contributed by atoms with Gasteiger partial charge in [0, 0.05) is 29.8 Å². The van der Waals surface area contributed by atoms with Gasteiger partial charge in [0.2, 0.25) is 0 Å². The van der Waals surface area contributed by atoms with E-state index in [9.17, 15) is 5.11 Å². The number of fused-ring (bicyclic) bond motifs is 1. The molecule has 2 aromatic heterocycles. The number of nitrogens with zero attached hydrogens (tertiary/aromatic N) is 1. The van der Waals surface area contributed by atoms with Gasteiger partial charge in [-0.15, -0.1) is 0 Å². The molecule has 0 aliphatic rings. The maximum absolute atomic E-state index is 10.5. The summed E-state index contributed by atoms with van der Waals surface area (Å²) in [5.41, 5.74) is 2.71. The molecule has 0 saturated carbocycles. The van der Waals surface area contributed by atoms with Crippen LogP contribution in [0.25, 0.3) is 11.0 Å². The van der Waals surface area contributed by atoms with Crippen LogP contribution in [-0.4, -0.2) is 10.1 Å². The lowest BCUT2D eigenvalue weighted by Gasteiger charge is -2.10. The van der Waals surface area contributed by atoms with Gasteiger partial charge < -0.3 is 9.52 Å². The summed E-state index contributed by atoms with van der Waals surface area (Å²) in [4.78, 5) is 4.07. The molecule has 0 bridgehead atoms. The van der Waals surface area contributed by atoms with Crippen molar-refractivity contribution in [3.63, 3.8) is 0 Å². The first-order chi connectivity index (χ1) is 9.25. The Labute approximate surface area is 111 Å². The molecule has 3 heteroatoms. The van der Waals surface area contributed by atoms with Crippen LogP contribution in [0.2, 0.25) is 0 Å². The van der Waals surface area contributed by atoms with Gasteiger partial charge in [0.25, 0.3) is 0 Å². The molecule has 0 radical (unpaired) electrons. The topological polar surface area (TPSA) is 46.3 Å². The summed E-state index contributed by atoms with van der Waals surface area (Å²) in [6.07, 6.45) is 3.47. The van der Waals surface area contributed by atoms with Gasteiger partial charge in [0.1, 0.15) is 11.3 Å². The van der Waals surface area contributed by atoms with Crippen LogP contribution < -0.4 is 0 Å². The highest BCUT2D eigenvalue weighted by molar-refractivity contribution is 5.82. The molecule has 1 unspecified atom stereocenters. The number of pyridine rings is 1. The Bertz CT molecular complexity index is 688. The van der Waals surface area contributed by atoms with Crippen molar-refractivity contribution in [3.05, 3.63) is 65.7 Å². The first-order valence-electron chi connectivity index (χ1n) is 6.30. The van der Waals surface area contributed by atoms with Crippen molar-refractivity contribution in [2.24, 2.45) is 0 Å². The Morgan fingerprint density at radius 2 is 2.05 bits per heavy atom. The Morgan fingerprint density at radius 3 is 2.84 bits per heavy atom. The van der Waals surface area contributed by atoms with E-state index in [0.29, 0.717) is 6.42 Å². The lowest BCUT2D eigenvalue weighted by atomic mass is 10.00. The van der Waals surface area contributed by atoms with E-state index < -0.39 is 6.10 Å². The normalized spacial score (nSPS) is 12.7. The van der Waals surface area contributed by atoms with E-state index in [0.717, 1.165) is 27.9 Å². The Balaban J connectivity index is 1.97. The van der Waals surface area contributed by atoms with Crippen molar-refractivity contribution in [2.75, 3.05) is 0 Å². The molecule has 1 aromatic carbocycles. The quantitative estimate of drug-likeness (QED) is 0.778. The molecule has 0 amide bonds. The van der Waals surface area contributed by atoms with E-state index in [4.69, 9.17) is 4.42 Å². The van der Waals surface area contributed by atoms with Gasteiger partial charge in [-0.3, -0.25) is 4.98 Å². The number of aliphatic hydroxyl groups excluding tert-OH is 1. The van der Waals surface area contributed by atoms with Crippen molar-refractivity contribution >= 4 is 11.0 Å². The zero-order valence-corrected chi connectivity index (χ0v) is 10.7. The zero-order chi connectivity index (χ0) is 13.2. The van der Waals surface area contributed by atoms with E-state index in [-0.39, 0.29) is 0 Å². The number of hydrogen-bond donors (Lipinski definition) is 1. The molecule has 3 nitrogen and oxygen atoms in total. The van der Waals surface area contributed by atoms with Crippen molar-refractivity contribution in [3.8, 4) is 0 Å². The van der Waals surface area contributed by atoms with Gasteiger partial charge in [-0.25, -0.2) is 0 Å². The minimum atomic E-state index is -0.576. The van der Waals surface area contributed by atoms with Gasteiger partial charge in [-0.05, 0) is 24.6 Å². The van der Waals surface area contributed by atoms with Crippen LogP contribution >= 0.6 is 0 Å². The maximum Gasteiger partial charge on any atom is 0.134 e. The minimum absolute atomic E-state index is 0.540. The van der Waals surface area contributed by atoms with Gasteiger partial charge in [0.15, 0.2) is 0 Å². The Morgan fingerprint density at radius 1 is 1.21 bits per heavy atom. The summed E-state index contributed by atoms with van der Waals surface area (Å²) >= 11 is 0. The monoisotopic (exact) mass is 253 g/mol. The molecule has 0 aliphatic heterocycles. The van der Waals surface area contributed by atoms with Crippen LogP contribution in [0.3, 0.4) is 0 Å². The van der Waals surface area contributed by atoms with Crippen molar-refractivity contribution in [1.29, 1.82) is 0 Å². The third kappa shape index (κ3) is 2.25. The number of rotatable bonds is 3. The van der Waals surface area contributed by atoms with Gasteiger partial charge in [0.05, 0.1) is 6.10 Å². The van der Waals surface area contributed by atoms with Crippen LogP contribution in [0, 0.1) is 6.92 Å². The molecule has 3 aromatic rings.